The van der Waals surface area contributed by atoms with Gasteiger partial charge in [-0.2, -0.15) is 0 Å². The number of thiazole rings is 1. The average Bonchev–Trinajstić information content (AvgIpc) is 2.13. The van der Waals surface area contributed by atoms with Gasteiger partial charge in [0, 0.05) is 6.92 Å². The van der Waals surface area contributed by atoms with Crippen LogP contribution >= 0.6 is 11.3 Å². The number of Topliss-reactive ketones (excluding diaryl/α,β-unsaturated/α-hetero) is 1. The monoisotopic (exact) mass is 141 g/mol. The topological polar surface area (TPSA) is 56.0 Å². The molecule has 0 saturated carbocycles. The van der Waals surface area contributed by atoms with E-state index in [-0.39, 0.29) is 11.6 Å². The van der Waals surface area contributed by atoms with E-state index in [1.54, 1.807) is 0 Å². The van der Waals surface area contributed by atoms with E-state index in [1.807, 2.05) is 0 Å². The lowest BCUT2D eigenvalue weighted by Crippen LogP contribution is -1.94. The van der Waals surface area contributed by atoms with Crippen molar-refractivity contribution in [2.45, 2.75) is 6.92 Å². The molecule has 0 spiro atoms. The maximum atomic E-state index is 10.6. The van der Waals surface area contributed by atoms with Crippen LogP contribution < -0.4 is 5.73 Å². The number of ketones is 1. The minimum absolute atomic E-state index is 0.0498. The Morgan fingerprint density at radius 1 is 1.89 bits per heavy atom. The molecule has 0 aliphatic heterocycles. The third-order valence-corrected chi connectivity index (χ3v) is 1.75. The molecule has 3 nitrogen and oxygen atoms in total. The molecule has 1 rings (SSSR count). The Morgan fingerprint density at radius 2 is 2.56 bits per heavy atom. The molecule has 0 fully saturated rings. The summed E-state index contributed by atoms with van der Waals surface area (Å²) in [4.78, 5) is 14.7. The molecule has 2 N–H and O–H groups in total. The van der Waals surface area contributed by atoms with E-state index < -0.39 is 0 Å². The summed E-state index contributed by atoms with van der Waals surface area (Å²) < 4.78 is 0. The Labute approximate surface area is 56.5 Å². The van der Waals surface area contributed by atoms with Crippen LogP contribution in [0.2, 0.25) is 0 Å². The van der Waals surface area contributed by atoms with Crippen molar-refractivity contribution >= 4 is 22.9 Å². The number of nitrogen functional groups attached to an aromatic ring is 1. The van der Waals surface area contributed by atoms with Crippen LogP contribution in [0.1, 0.15) is 16.6 Å². The van der Waals surface area contributed by atoms with E-state index in [4.69, 9.17) is 5.73 Å². The molecule has 9 heavy (non-hydrogen) atoms. The van der Waals surface area contributed by atoms with Gasteiger partial charge in [-0.05, 0) is 0 Å². The Balaban J connectivity index is 3.08. The Hall–Kier alpha value is -0.900. The van der Waals surface area contributed by atoms with Crippen LogP contribution in [0.5, 0.6) is 0 Å². The fourth-order valence-corrected chi connectivity index (χ4v) is 1.00. The zero-order chi connectivity index (χ0) is 6.85. The number of hydrogen-bond acceptors (Lipinski definition) is 4. The van der Waals surface area contributed by atoms with Gasteiger partial charge in [0.05, 0.1) is 0 Å². The van der Waals surface area contributed by atoms with E-state index in [0.29, 0.717) is 4.88 Å². The first-order valence-corrected chi connectivity index (χ1v) is 3.16. The molecule has 0 aromatic carbocycles. The molecule has 1 heterocycles. The smallest absolute Gasteiger partial charge is 0.173 e. The van der Waals surface area contributed by atoms with Crippen molar-refractivity contribution in [2.24, 2.45) is 0 Å². The zero-order valence-electron chi connectivity index (χ0n) is 4.84. The number of nitrogens with two attached hydrogens (primary N) is 1. The summed E-state index contributed by atoms with van der Waals surface area (Å²) in [6.07, 6.45) is 0. The summed E-state index contributed by atoms with van der Waals surface area (Å²) in [5.41, 5.74) is 7.81. The lowest BCUT2D eigenvalue weighted by Gasteiger charge is -1.85. The van der Waals surface area contributed by atoms with Gasteiger partial charge in [0.25, 0.3) is 0 Å². The van der Waals surface area contributed by atoms with Gasteiger partial charge in [0.15, 0.2) is 11.3 Å². The average molecular weight is 141 g/mol. The molecule has 1 radical (unpaired) electrons. The number of carbonyl (C=O) groups excluding carboxylic acids is 1. The van der Waals surface area contributed by atoms with Gasteiger partial charge in [-0.15, -0.1) is 11.3 Å². The fourth-order valence-electron chi connectivity index (χ4n) is 0.473. The molecule has 0 unspecified atom stereocenters. The highest BCUT2D eigenvalue weighted by molar-refractivity contribution is 7.11. The number of anilines is 1. The van der Waals surface area contributed by atoms with Crippen LogP contribution in [0.25, 0.3) is 0 Å². The van der Waals surface area contributed by atoms with Crippen LogP contribution in [0.3, 0.4) is 0 Å². The second-order valence-corrected chi connectivity index (χ2v) is 2.37. The molecule has 0 saturated heterocycles. The maximum Gasteiger partial charge on any atom is 0.173 e. The van der Waals surface area contributed by atoms with Gasteiger partial charge in [-0.1, -0.05) is 0 Å². The second kappa shape index (κ2) is 2.14. The highest BCUT2D eigenvalue weighted by Crippen LogP contribution is 2.13. The van der Waals surface area contributed by atoms with E-state index in [9.17, 15) is 4.79 Å². The van der Waals surface area contributed by atoms with Crippen molar-refractivity contribution in [3.63, 3.8) is 0 Å². The SMILES string of the molecule is CC(=O)c1s[c]nc1N. The first-order chi connectivity index (χ1) is 4.22. The molecule has 1 aromatic heterocycles. The minimum atomic E-state index is -0.0498. The Kier molecular flexibility index (Phi) is 1.48. The van der Waals surface area contributed by atoms with Gasteiger partial charge >= 0.3 is 0 Å². The molecule has 0 atom stereocenters. The summed E-state index contributed by atoms with van der Waals surface area (Å²) >= 11 is 1.15. The predicted octanol–water partition coefficient (Wildman–Crippen LogP) is 0.728. The number of carbonyl (C=O) groups is 1. The van der Waals surface area contributed by atoms with Crippen LogP contribution in [-0.2, 0) is 0 Å². The molecule has 0 aliphatic rings. The van der Waals surface area contributed by atoms with Gasteiger partial charge in [-0.3, -0.25) is 4.79 Å². The van der Waals surface area contributed by atoms with E-state index in [1.165, 1.54) is 6.92 Å². The van der Waals surface area contributed by atoms with Crippen molar-refractivity contribution in [3.05, 3.63) is 10.4 Å². The van der Waals surface area contributed by atoms with Crippen LogP contribution in [0.15, 0.2) is 0 Å². The molecule has 1 aromatic rings. The van der Waals surface area contributed by atoms with Gasteiger partial charge in [0.2, 0.25) is 0 Å². The van der Waals surface area contributed by atoms with Crippen LogP contribution in [0, 0.1) is 5.51 Å². The first kappa shape index (κ1) is 6.22. The lowest BCUT2D eigenvalue weighted by atomic mass is 10.4. The second-order valence-electron chi connectivity index (χ2n) is 1.58. The third-order valence-electron chi connectivity index (χ3n) is 0.866. The summed E-state index contributed by atoms with van der Waals surface area (Å²) in [7, 11) is 0. The summed E-state index contributed by atoms with van der Waals surface area (Å²) in [6.45, 7) is 1.46. The van der Waals surface area contributed by atoms with Crippen molar-refractivity contribution in [2.75, 3.05) is 5.73 Å². The van der Waals surface area contributed by atoms with Crippen molar-refractivity contribution in [1.29, 1.82) is 0 Å². The molecule has 0 bridgehead atoms. The highest BCUT2D eigenvalue weighted by Gasteiger charge is 2.05. The highest BCUT2D eigenvalue weighted by atomic mass is 32.1. The van der Waals surface area contributed by atoms with Crippen molar-refractivity contribution in [1.82, 2.24) is 4.98 Å². The third kappa shape index (κ3) is 1.08. The number of aromatic nitrogens is 1. The number of hydrogen-bond donors (Lipinski definition) is 1. The van der Waals surface area contributed by atoms with Crippen molar-refractivity contribution < 1.29 is 4.79 Å². The summed E-state index contributed by atoms with van der Waals surface area (Å²) in [5, 5.41) is 0. The molecular formula is C5H5N2OS. The largest absolute Gasteiger partial charge is 0.382 e. The Bertz CT molecular complexity index is 231. The van der Waals surface area contributed by atoms with Gasteiger partial charge in [0.1, 0.15) is 10.7 Å². The number of rotatable bonds is 1. The quantitative estimate of drug-likeness (QED) is 0.586. The van der Waals surface area contributed by atoms with E-state index >= 15 is 0 Å². The lowest BCUT2D eigenvalue weighted by molar-refractivity contribution is 0.102. The predicted molar refractivity (Wildman–Crippen MR) is 35.4 cm³/mol. The van der Waals surface area contributed by atoms with Crippen LogP contribution in [0.4, 0.5) is 5.82 Å². The van der Waals surface area contributed by atoms with Crippen LogP contribution in [-0.4, -0.2) is 10.8 Å². The van der Waals surface area contributed by atoms with E-state index in [0.717, 1.165) is 11.3 Å². The fraction of sp³-hybridized carbons (Fsp3) is 0.200. The molecule has 0 amide bonds. The van der Waals surface area contributed by atoms with Crippen molar-refractivity contribution in [3.8, 4) is 0 Å². The molecular weight excluding hydrogens is 136 g/mol. The van der Waals surface area contributed by atoms with Gasteiger partial charge in [-0.25, -0.2) is 4.98 Å². The standard InChI is InChI=1S/C5H5N2OS/c1-3(8)4-5(6)7-2-9-4/h6H2,1H3. The number of nitrogens with zero attached hydrogens (tertiary/aromatic N) is 1. The molecule has 47 valence electrons. The molecule has 0 aliphatic carbocycles. The maximum absolute atomic E-state index is 10.6. The zero-order valence-corrected chi connectivity index (χ0v) is 5.66. The minimum Gasteiger partial charge on any atom is -0.382 e. The summed E-state index contributed by atoms with van der Waals surface area (Å²) in [5.74, 6) is 0.235. The van der Waals surface area contributed by atoms with Gasteiger partial charge < -0.3 is 5.73 Å². The van der Waals surface area contributed by atoms with E-state index in [2.05, 4.69) is 10.5 Å². The Morgan fingerprint density at radius 3 is 2.78 bits per heavy atom. The molecule has 4 heteroatoms. The first-order valence-electron chi connectivity index (χ1n) is 2.35. The summed E-state index contributed by atoms with van der Waals surface area (Å²) in [6, 6.07) is 0. The normalized spacial score (nSPS) is 9.44.